The first-order valence-corrected chi connectivity index (χ1v) is 9.80. The molecule has 2 saturated carbocycles. The maximum absolute atomic E-state index is 12.7. The van der Waals surface area contributed by atoms with Crippen molar-refractivity contribution in [3.05, 3.63) is 29.8 Å². The predicted octanol–water partition coefficient (Wildman–Crippen LogP) is 1.90. The number of hydrazine groups is 1. The third-order valence-electron chi connectivity index (χ3n) is 6.11. The molecule has 1 saturated heterocycles. The normalized spacial score (nSPS) is 29.5. The molecule has 7 nitrogen and oxygen atoms in total. The van der Waals surface area contributed by atoms with E-state index in [-0.39, 0.29) is 55.1 Å². The number of hydrogen-bond acceptors (Lipinski definition) is 4. The summed E-state index contributed by atoms with van der Waals surface area (Å²) in [4.78, 5) is 36.2. The highest BCUT2D eigenvalue weighted by Gasteiger charge is 2.40. The summed E-state index contributed by atoms with van der Waals surface area (Å²) in [6, 6.07) is 7.23. The summed E-state index contributed by atoms with van der Waals surface area (Å²) in [7, 11) is 0. The number of amides is 3. The molecule has 152 valence electrons. The van der Waals surface area contributed by atoms with Gasteiger partial charge in [-0.15, -0.1) is 12.4 Å². The fraction of sp³-hybridized carbons (Fsp3) is 0.550. The molecule has 1 aliphatic heterocycles. The third-order valence-corrected chi connectivity index (χ3v) is 6.11. The highest BCUT2D eigenvalue weighted by atomic mass is 35.5. The quantitative estimate of drug-likeness (QED) is 0.712. The van der Waals surface area contributed by atoms with E-state index in [0.717, 1.165) is 25.7 Å². The minimum Gasteiger partial charge on any atom is -0.349 e. The molecule has 3 aliphatic rings. The van der Waals surface area contributed by atoms with Crippen LogP contribution < -0.4 is 21.5 Å². The fourth-order valence-corrected chi connectivity index (χ4v) is 4.81. The zero-order valence-electron chi connectivity index (χ0n) is 15.7. The van der Waals surface area contributed by atoms with Crippen LogP contribution in [0.5, 0.6) is 0 Å². The second kappa shape index (κ2) is 8.49. The summed E-state index contributed by atoms with van der Waals surface area (Å²) < 4.78 is 0. The Morgan fingerprint density at radius 2 is 1.71 bits per heavy atom. The molecular formula is C20H27ClN4O3. The lowest BCUT2D eigenvalue weighted by atomic mass is 9.67. The number of rotatable bonds is 3. The van der Waals surface area contributed by atoms with E-state index in [2.05, 4.69) is 10.7 Å². The molecule has 0 spiro atoms. The van der Waals surface area contributed by atoms with Crippen LogP contribution in [0.4, 0.5) is 5.69 Å². The molecule has 4 rings (SSSR count). The van der Waals surface area contributed by atoms with E-state index in [4.69, 9.17) is 5.73 Å². The van der Waals surface area contributed by atoms with Crippen molar-refractivity contribution in [2.45, 2.75) is 57.0 Å². The summed E-state index contributed by atoms with van der Waals surface area (Å²) in [5, 5.41) is 4.48. The molecule has 1 heterocycles. The van der Waals surface area contributed by atoms with E-state index in [1.165, 1.54) is 11.4 Å². The van der Waals surface area contributed by atoms with Gasteiger partial charge in [0.05, 0.1) is 5.69 Å². The van der Waals surface area contributed by atoms with Crippen LogP contribution in [0.25, 0.3) is 0 Å². The first-order valence-electron chi connectivity index (χ1n) is 9.80. The number of nitrogens with zero attached hydrogens (tertiary/aromatic N) is 1. The number of carbonyl (C=O) groups excluding carboxylic acids is 3. The fourth-order valence-electron chi connectivity index (χ4n) is 4.81. The van der Waals surface area contributed by atoms with Crippen LogP contribution in [0.15, 0.2) is 24.3 Å². The molecule has 2 unspecified atom stereocenters. The van der Waals surface area contributed by atoms with Crippen LogP contribution in [0.2, 0.25) is 0 Å². The lowest BCUT2D eigenvalue weighted by Crippen LogP contribution is -2.53. The van der Waals surface area contributed by atoms with Crippen LogP contribution in [0.1, 0.15) is 55.3 Å². The van der Waals surface area contributed by atoms with Gasteiger partial charge in [-0.05, 0) is 61.8 Å². The smallest absolute Gasteiger partial charge is 0.251 e. The topological polar surface area (TPSA) is 105 Å². The van der Waals surface area contributed by atoms with Gasteiger partial charge < -0.3 is 11.1 Å². The maximum atomic E-state index is 12.7. The van der Waals surface area contributed by atoms with Gasteiger partial charge in [-0.2, -0.15) is 0 Å². The zero-order valence-corrected chi connectivity index (χ0v) is 16.5. The van der Waals surface area contributed by atoms with E-state index in [1.807, 2.05) is 0 Å². The summed E-state index contributed by atoms with van der Waals surface area (Å²) in [5.41, 5.74) is 9.84. The number of hydrogen-bond donors (Lipinski definition) is 3. The Labute approximate surface area is 170 Å². The summed E-state index contributed by atoms with van der Waals surface area (Å²) >= 11 is 0. The number of nitrogens with two attached hydrogens (primary N) is 1. The standard InChI is InChI=1S/C20H26N4O3.ClH/c21-15-10-13-2-1-3-14(11-15)19(13)22-20(27)12-4-6-16(7-5-12)24-18(26)9-8-17(25)23-24;/h4-7,13-15,19H,1-3,8-11,21H2,(H,22,27)(H,23,25);1H. The van der Waals surface area contributed by atoms with Gasteiger partial charge in [0.2, 0.25) is 11.8 Å². The molecule has 1 aromatic carbocycles. The molecule has 2 aliphatic carbocycles. The molecule has 3 fully saturated rings. The van der Waals surface area contributed by atoms with Crippen molar-refractivity contribution < 1.29 is 14.4 Å². The van der Waals surface area contributed by atoms with Gasteiger partial charge in [0.25, 0.3) is 5.91 Å². The monoisotopic (exact) mass is 406 g/mol. The van der Waals surface area contributed by atoms with Crippen molar-refractivity contribution in [2.24, 2.45) is 17.6 Å². The van der Waals surface area contributed by atoms with Crippen molar-refractivity contribution in [1.29, 1.82) is 0 Å². The Kier molecular flexibility index (Phi) is 6.25. The molecule has 2 bridgehead atoms. The van der Waals surface area contributed by atoms with Crippen molar-refractivity contribution in [3.63, 3.8) is 0 Å². The minimum atomic E-state index is -0.182. The largest absolute Gasteiger partial charge is 0.349 e. The Morgan fingerprint density at radius 3 is 2.36 bits per heavy atom. The van der Waals surface area contributed by atoms with E-state index in [0.29, 0.717) is 23.1 Å². The van der Waals surface area contributed by atoms with Gasteiger partial charge in [0.1, 0.15) is 0 Å². The second-order valence-electron chi connectivity index (χ2n) is 7.99. The molecule has 8 heteroatoms. The SMILES string of the molecule is Cl.NC1CC2CCCC(C1)C2NC(=O)c1ccc(N2NC(=O)CCC2=O)cc1. The Morgan fingerprint density at radius 1 is 1.07 bits per heavy atom. The summed E-state index contributed by atoms with van der Waals surface area (Å²) in [6.45, 7) is 0. The number of anilines is 1. The van der Waals surface area contributed by atoms with Gasteiger partial charge in [0.15, 0.2) is 0 Å². The van der Waals surface area contributed by atoms with E-state index in [9.17, 15) is 14.4 Å². The predicted molar refractivity (Wildman–Crippen MR) is 108 cm³/mol. The number of halogens is 1. The van der Waals surface area contributed by atoms with Crippen molar-refractivity contribution in [3.8, 4) is 0 Å². The van der Waals surface area contributed by atoms with Crippen molar-refractivity contribution in [2.75, 3.05) is 5.01 Å². The van der Waals surface area contributed by atoms with Gasteiger partial charge in [-0.1, -0.05) is 6.42 Å². The number of benzene rings is 1. The zero-order chi connectivity index (χ0) is 19.0. The maximum Gasteiger partial charge on any atom is 0.251 e. The highest BCUT2D eigenvalue weighted by Crippen LogP contribution is 2.39. The molecule has 2 atom stereocenters. The van der Waals surface area contributed by atoms with Crippen LogP contribution in [0, 0.1) is 11.8 Å². The minimum absolute atomic E-state index is 0. The molecule has 4 N–H and O–H groups in total. The highest BCUT2D eigenvalue weighted by molar-refractivity contribution is 6.01. The van der Waals surface area contributed by atoms with E-state index >= 15 is 0 Å². The average molecular weight is 407 g/mol. The van der Waals surface area contributed by atoms with Gasteiger partial charge in [-0.3, -0.25) is 19.8 Å². The Bertz CT molecular complexity index is 740. The van der Waals surface area contributed by atoms with Crippen LogP contribution >= 0.6 is 12.4 Å². The van der Waals surface area contributed by atoms with E-state index < -0.39 is 0 Å². The lowest BCUT2D eigenvalue weighted by Gasteiger charge is -2.45. The van der Waals surface area contributed by atoms with Gasteiger partial charge in [-0.25, -0.2) is 5.01 Å². The number of carbonyl (C=O) groups is 3. The molecule has 1 aromatic rings. The van der Waals surface area contributed by atoms with Crippen LogP contribution in [-0.4, -0.2) is 29.8 Å². The lowest BCUT2D eigenvalue weighted by molar-refractivity contribution is -0.130. The molecule has 0 radical (unpaired) electrons. The second-order valence-corrected chi connectivity index (χ2v) is 7.99. The molecular weight excluding hydrogens is 380 g/mol. The first kappa shape index (κ1) is 20.6. The van der Waals surface area contributed by atoms with Crippen molar-refractivity contribution in [1.82, 2.24) is 10.7 Å². The Balaban J connectivity index is 0.00000225. The van der Waals surface area contributed by atoms with Crippen LogP contribution in [0.3, 0.4) is 0 Å². The van der Waals surface area contributed by atoms with E-state index in [1.54, 1.807) is 24.3 Å². The number of nitrogens with one attached hydrogen (secondary N) is 2. The molecule has 0 aromatic heterocycles. The van der Waals surface area contributed by atoms with Crippen molar-refractivity contribution >= 4 is 35.8 Å². The average Bonchev–Trinajstić information content (AvgIpc) is 2.64. The Hall–Kier alpha value is -2.12. The van der Waals surface area contributed by atoms with Gasteiger partial charge in [0, 0.05) is 30.5 Å². The first-order chi connectivity index (χ1) is 13.0. The molecule has 3 amide bonds. The molecule has 28 heavy (non-hydrogen) atoms. The number of fused-ring (bicyclic) bond motifs is 2. The third kappa shape index (κ3) is 4.15. The van der Waals surface area contributed by atoms with Gasteiger partial charge >= 0.3 is 0 Å². The van der Waals surface area contributed by atoms with Crippen LogP contribution in [-0.2, 0) is 9.59 Å². The summed E-state index contributed by atoms with van der Waals surface area (Å²) in [5.74, 6) is 0.512. The summed E-state index contributed by atoms with van der Waals surface area (Å²) in [6.07, 6.45) is 5.85.